The number of anilines is 2. The van der Waals surface area contributed by atoms with E-state index in [1.165, 1.54) is 6.20 Å². The molecule has 1 aliphatic rings. The summed E-state index contributed by atoms with van der Waals surface area (Å²) < 4.78 is 14.2. The highest BCUT2D eigenvalue weighted by molar-refractivity contribution is 6.33. The predicted molar refractivity (Wildman–Crippen MR) is 88.8 cm³/mol. The molecule has 1 aromatic carbocycles. The Hall–Kier alpha value is -1.85. The predicted octanol–water partition coefficient (Wildman–Crippen LogP) is 2.88. The van der Waals surface area contributed by atoms with E-state index >= 15 is 0 Å². The standard InChI is InChI=1S/C16H18ClFN4/c1-21-6-8-22(9-7-21)12-4-2-11(3-5-12)13-10-20-16(19)14(17)15(13)18/h2-5,10H,6-9H2,1H3,(H2,19,20). The average molecular weight is 321 g/mol. The molecule has 0 radical (unpaired) electrons. The molecule has 2 N–H and O–H groups in total. The number of pyridine rings is 1. The minimum Gasteiger partial charge on any atom is -0.382 e. The molecule has 4 nitrogen and oxygen atoms in total. The largest absolute Gasteiger partial charge is 0.382 e. The Morgan fingerprint density at radius 1 is 1.14 bits per heavy atom. The van der Waals surface area contributed by atoms with Crippen LogP contribution in [0.15, 0.2) is 30.5 Å². The van der Waals surface area contributed by atoms with Crippen LogP contribution in [0.2, 0.25) is 5.02 Å². The Morgan fingerprint density at radius 3 is 2.41 bits per heavy atom. The van der Waals surface area contributed by atoms with Crippen molar-refractivity contribution in [1.82, 2.24) is 9.88 Å². The maximum atomic E-state index is 14.2. The lowest BCUT2D eigenvalue weighted by Crippen LogP contribution is -2.44. The summed E-state index contributed by atoms with van der Waals surface area (Å²) in [5, 5.41) is -0.124. The van der Waals surface area contributed by atoms with Gasteiger partial charge >= 0.3 is 0 Å². The number of hydrogen-bond donors (Lipinski definition) is 1. The maximum Gasteiger partial charge on any atom is 0.154 e. The zero-order valence-electron chi connectivity index (χ0n) is 12.4. The molecule has 1 saturated heterocycles. The van der Waals surface area contributed by atoms with Crippen LogP contribution in [0.4, 0.5) is 15.9 Å². The van der Waals surface area contributed by atoms with E-state index in [9.17, 15) is 4.39 Å². The topological polar surface area (TPSA) is 45.4 Å². The van der Waals surface area contributed by atoms with E-state index in [0.29, 0.717) is 5.56 Å². The van der Waals surface area contributed by atoms with Crippen molar-refractivity contribution in [3.05, 3.63) is 41.3 Å². The van der Waals surface area contributed by atoms with Crippen molar-refractivity contribution in [2.24, 2.45) is 0 Å². The first-order chi connectivity index (χ1) is 10.6. The monoisotopic (exact) mass is 320 g/mol. The number of rotatable bonds is 2. The van der Waals surface area contributed by atoms with Gasteiger partial charge in [-0.25, -0.2) is 9.37 Å². The zero-order chi connectivity index (χ0) is 15.7. The molecule has 6 heteroatoms. The van der Waals surface area contributed by atoms with Crippen molar-refractivity contribution in [3.8, 4) is 11.1 Å². The third-order valence-corrected chi connectivity index (χ3v) is 4.39. The summed E-state index contributed by atoms with van der Waals surface area (Å²) >= 11 is 5.82. The zero-order valence-corrected chi connectivity index (χ0v) is 13.1. The van der Waals surface area contributed by atoms with Crippen molar-refractivity contribution >= 4 is 23.1 Å². The van der Waals surface area contributed by atoms with Gasteiger partial charge in [0.15, 0.2) is 5.82 Å². The molecule has 1 fully saturated rings. The molecule has 22 heavy (non-hydrogen) atoms. The number of likely N-dealkylation sites (N-methyl/N-ethyl adjacent to an activating group) is 1. The number of nitrogens with zero attached hydrogens (tertiary/aromatic N) is 3. The smallest absolute Gasteiger partial charge is 0.154 e. The van der Waals surface area contributed by atoms with Crippen LogP contribution in [0.5, 0.6) is 0 Å². The second-order valence-electron chi connectivity index (χ2n) is 5.52. The highest BCUT2D eigenvalue weighted by Gasteiger charge is 2.16. The Balaban J connectivity index is 1.84. The lowest BCUT2D eigenvalue weighted by molar-refractivity contribution is 0.313. The minimum atomic E-state index is -0.526. The quantitative estimate of drug-likeness (QED) is 0.924. The van der Waals surface area contributed by atoms with Gasteiger partial charge < -0.3 is 15.5 Å². The van der Waals surface area contributed by atoms with Crippen LogP contribution in [0.25, 0.3) is 11.1 Å². The number of piperazine rings is 1. The first kappa shape index (κ1) is 15.1. The number of aromatic nitrogens is 1. The summed E-state index contributed by atoms with van der Waals surface area (Å²) in [5.41, 5.74) is 7.76. The van der Waals surface area contributed by atoms with Crippen LogP contribution in [-0.2, 0) is 0 Å². The van der Waals surface area contributed by atoms with Crippen LogP contribution in [0, 0.1) is 5.82 Å². The molecule has 1 aliphatic heterocycles. The highest BCUT2D eigenvalue weighted by Crippen LogP contribution is 2.31. The molecule has 0 saturated carbocycles. The fourth-order valence-electron chi connectivity index (χ4n) is 2.60. The molecule has 0 unspecified atom stereocenters. The number of hydrogen-bond acceptors (Lipinski definition) is 4. The van der Waals surface area contributed by atoms with Gasteiger partial charge in [-0.15, -0.1) is 0 Å². The fraction of sp³-hybridized carbons (Fsp3) is 0.312. The number of benzene rings is 1. The van der Waals surface area contributed by atoms with Crippen LogP contribution in [0.3, 0.4) is 0 Å². The number of nitrogens with two attached hydrogens (primary N) is 1. The Bertz CT molecular complexity index is 667. The molecule has 2 aromatic rings. The summed E-state index contributed by atoms with van der Waals surface area (Å²) in [6.45, 7) is 4.10. The summed E-state index contributed by atoms with van der Waals surface area (Å²) in [6.07, 6.45) is 1.42. The molecule has 3 rings (SSSR count). The van der Waals surface area contributed by atoms with E-state index in [4.69, 9.17) is 17.3 Å². The van der Waals surface area contributed by atoms with Gasteiger partial charge in [-0.05, 0) is 24.7 Å². The van der Waals surface area contributed by atoms with E-state index in [2.05, 4.69) is 21.8 Å². The van der Waals surface area contributed by atoms with Crippen molar-refractivity contribution in [3.63, 3.8) is 0 Å². The average Bonchev–Trinajstić information content (AvgIpc) is 2.54. The molecule has 2 heterocycles. The van der Waals surface area contributed by atoms with Crippen LogP contribution >= 0.6 is 11.6 Å². The summed E-state index contributed by atoms with van der Waals surface area (Å²) in [4.78, 5) is 8.56. The number of halogens is 2. The summed E-state index contributed by atoms with van der Waals surface area (Å²) in [5.74, 6) is -0.515. The lowest BCUT2D eigenvalue weighted by Gasteiger charge is -2.34. The molecule has 0 aliphatic carbocycles. The molecule has 0 bridgehead atoms. The van der Waals surface area contributed by atoms with E-state index in [0.717, 1.165) is 37.4 Å². The van der Waals surface area contributed by atoms with Gasteiger partial charge in [0, 0.05) is 43.6 Å². The molecule has 0 spiro atoms. The molecular formula is C16H18ClFN4. The molecular weight excluding hydrogens is 303 g/mol. The van der Waals surface area contributed by atoms with Gasteiger partial charge in [-0.1, -0.05) is 23.7 Å². The SMILES string of the molecule is CN1CCN(c2ccc(-c3cnc(N)c(Cl)c3F)cc2)CC1. The molecule has 0 atom stereocenters. The van der Waals surface area contributed by atoms with Gasteiger partial charge in [0.25, 0.3) is 0 Å². The van der Waals surface area contributed by atoms with Gasteiger partial charge in [0.05, 0.1) is 0 Å². The van der Waals surface area contributed by atoms with E-state index in [1.807, 2.05) is 24.3 Å². The third kappa shape index (κ3) is 2.87. The first-order valence-corrected chi connectivity index (χ1v) is 7.57. The fourth-order valence-corrected chi connectivity index (χ4v) is 2.75. The van der Waals surface area contributed by atoms with Crippen LogP contribution < -0.4 is 10.6 Å². The normalized spacial score (nSPS) is 16.0. The van der Waals surface area contributed by atoms with E-state index in [1.54, 1.807) is 0 Å². The van der Waals surface area contributed by atoms with E-state index in [-0.39, 0.29) is 10.8 Å². The minimum absolute atomic E-state index is 0.0111. The Morgan fingerprint density at radius 2 is 1.77 bits per heavy atom. The van der Waals surface area contributed by atoms with E-state index < -0.39 is 5.82 Å². The Labute approximate surface area is 134 Å². The molecule has 116 valence electrons. The van der Waals surface area contributed by atoms with Crippen LogP contribution in [-0.4, -0.2) is 43.1 Å². The van der Waals surface area contributed by atoms with Gasteiger partial charge in [-0.2, -0.15) is 0 Å². The summed E-state index contributed by atoms with van der Waals surface area (Å²) in [6, 6.07) is 7.79. The second-order valence-corrected chi connectivity index (χ2v) is 5.90. The summed E-state index contributed by atoms with van der Waals surface area (Å²) in [7, 11) is 2.13. The Kier molecular flexibility index (Phi) is 4.18. The maximum absolute atomic E-state index is 14.2. The lowest BCUT2D eigenvalue weighted by atomic mass is 10.1. The van der Waals surface area contributed by atoms with Crippen molar-refractivity contribution in [2.45, 2.75) is 0 Å². The number of nitrogen functional groups attached to an aromatic ring is 1. The highest BCUT2D eigenvalue weighted by atomic mass is 35.5. The second kappa shape index (κ2) is 6.10. The van der Waals surface area contributed by atoms with Gasteiger partial charge in [0.1, 0.15) is 10.8 Å². The van der Waals surface area contributed by atoms with Gasteiger partial charge in [-0.3, -0.25) is 0 Å². The first-order valence-electron chi connectivity index (χ1n) is 7.19. The van der Waals surface area contributed by atoms with Crippen molar-refractivity contribution < 1.29 is 4.39 Å². The van der Waals surface area contributed by atoms with Gasteiger partial charge in [0.2, 0.25) is 0 Å². The van der Waals surface area contributed by atoms with Crippen LogP contribution in [0.1, 0.15) is 0 Å². The van der Waals surface area contributed by atoms with Crippen molar-refractivity contribution in [2.75, 3.05) is 43.9 Å². The molecule has 0 amide bonds. The molecule has 1 aromatic heterocycles. The van der Waals surface area contributed by atoms with Crippen molar-refractivity contribution in [1.29, 1.82) is 0 Å². The third-order valence-electron chi connectivity index (χ3n) is 4.03.